The van der Waals surface area contributed by atoms with Crippen molar-refractivity contribution in [1.82, 2.24) is 14.5 Å². The molecule has 0 amide bonds. The highest BCUT2D eigenvalue weighted by atomic mass is 15.2. The maximum Gasteiger partial charge on any atom is 0.0757 e. The Morgan fingerprint density at radius 1 is 1.04 bits per heavy atom. The van der Waals surface area contributed by atoms with Gasteiger partial charge in [-0.1, -0.05) is 32.0 Å². The highest BCUT2D eigenvalue weighted by Crippen LogP contribution is 2.30. The highest BCUT2D eigenvalue weighted by Gasteiger charge is 2.22. The quantitative estimate of drug-likeness (QED) is 0.709. The Morgan fingerprint density at radius 3 is 2.57 bits per heavy atom. The van der Waals surface area contributed by atoms with Crippen molar-refractivity contribution >= 4 is 21.8 Å². The predicted molar refractivity (Wildman–Crippen MR) is 96.4 cm³/mol. The lowest BCUT2D eigenvalue weighted by atomic mass is 9.87. The summed E-state index contributed by atoms with van der Waals surface area (Å²) in [6, 6.07) is 10.8. The number of para-hydroxylation sites is 1. The Labute approximate surface area is 137 Å². The molecule has 0 bridgehead atoms. The Kier molecular flexibility index (Phi) is 3.82. The maximum absolute atomic E-state index is 4.33. The van der Waals surface area contributed by atoms with Crippen molar-refractivity contribution in [3.8, 4) is 0 Å². The van der Waals surface area contributed by atoms with Gasteiger partial charge in [-0.2, -0.15) is 0 Å². The van der Waals surface area contributed by atoms with Crippen molar-refractivity contribution < 1.29 is 0 Å². The van der Waals surface area contributed by atoms with Gasteiger partial charge in [-0.05, 0) is 36.8 Å². The van der Waals surface area contributed by atoms with Crippen LogP contribution in [0.1, 0.15) is 26.7 Å². The Balaban J connectivity index is 1.66. The van der Waals surface area contributed by atoms with Gasteiger partial charge >= 0.3 is 0 Å². The molecule has 0 aliphatic carbocycles. The normalized spacial score (nSPS) is 17.5. The van der Waals surface area contributed by atoms with Gasteiger partial charge in [-0.25, -0.2) is 0 Å². The smallest absolute Gasteiger partial charge is 0.0757 e. The summed E-state index contributed by atoms with van der Waals surface area (Å²) >= 11 is 0. The number of fused-ring (bicyclic) bond motifs is 3. The molecule has 0 unspecified atom stereocenters. The second-order valence-corrected chi connectivity index (χ2v) is 7.18. The van der Waals surface area contributed by atoms with Crippen LogP contribution >= 0.6 is 0 Å². The molecule has 1 aromatic carbocycles. The highest BCUT2D eigenvalue weighted by molar-refractivity contribution is 6.07. The molecular weight excluding hydrogens is 282 g/mol. The van der Waals surface area contributed by atoms with Gasteiger partial charge in [-0.3, -0.25) is 9.88 Å². The SMILES string of the molecule is CC(C)C1CCN(Cn2c3ccccc3c3cnccc32)CC1. The average Bonchev–Trinajstić information content (AvgIpc) is 2.90. The minimum atomic E-state index is 0.816. The molecule has 2 aromatic heterocycles. The molecule has 1 saturated heterocycles. The number of pyridine rings is 1. The van der Waals surface area contributed by atoms with Crippen molar-refractivity contribution in [2.45, 2.75) is 33.4 Å². The van der Waals surface area contributed by atoms with E-state index in [1.165, 1.54) is 47.7 Å². The van der Waals surface area contributed by atoms with Crippen LogP contribution in [0.4, 0.5) is 0 Å². The topological polar surface area (TPSA) is 21.1 Å². The Morgan fingerprint density at radius 2 is 1.78 bits per heavy atom. The molecular formula is C20H25N3. The lowest BCUT2D eigenvalue weighted by Gasteiger charge is -2.34. The van der Waals surface area contributed by atoms with Gasteiger partial charge in [0.25, 0.3) is 0 Å². The fourth-order valence-corrected chi connectivity index (χ4v) is 4.01. The van der Waals surface area contributed by atoms with Crippen molar-refractivity contribution in [3.05, 3.63) is 42.7 Å². The van der Waals surface area contributed by atoms with Crippen LogP contribution < -0.4 is 0 Å². The van der Waals surface area contributed by atoms with Gasteiger partial charge in [0.1, 0.15) is 0 Å². The first-order valence-corrected chi connectivity index (χ1v) is 8.77. The third-order valence-electron chi connectivity index (χ3n) is 5.49. The van der Waals surface area contributed by atoms with Gasteiger partial charge in [0.15, 0.2) is 0 Å². The molecule has 1 fully saturated rings. The zero-order chi connectivity index (χ0) is 15.8. The fourth-order valence-electron chi connectivity index (χ4n) is 4.01. The summed E-state index contributed by atoms with van der Waals surface area (Å²) in [6.07, 6.45) is 6.56. The number of hydrogen-bond donors (Lipinski definition) is 0. The third kappa shape index (κ3) is 2.63. The first-order chi connectivity index (χ1) is 11.2. The fraction of sp³-hybridized carbons (Fsp3) is 0.450. The van der Waals surface area contributed by atoms with E-state index in [0.717, 1.165) is 18.5 Å². The molecule has 3 nitrogen and oxygen atoms in total. The van der Waals surface area contributed by atoms with E-state index in [9.17, 15) is 0 Å². The van der Waals surface area contributed by atoms with Crippen molar-refractivity contribution in [2.24, 2.45) is 11.8 Å². The summed E-state index contributed by atoms with van der Waals surface area (Å²) in [5, 5.41) is 2.58. The number of aromatic nitrogens is 2. The van der Waals surface area contributed by atoms with Crippen LogP contribution in [0.5, 0.6) is 0 Å². The molecule has 0 spiro atoms. The van der Waals surface area contributed by atoms with Gasteiger partial charge < -0.3 is 4.57 Å². The van der Waals surface area contributed by atoms with E-state index in [2.05, 4.69) is 58.6 Å². The third-order valence-corrected chi connectivity index (χ3v) is 5.49. The summed E-state index contributed by atoms with van der Waals surface area (Å²) in [5.74, 6) is 1.71. The number of likely N-dealkylation sites (tertiary alicyclic amines) is 1. The molecule has 4 rings (SSSR count). The summed E-state index contributed by atoms with van der Waals surface area (Å²) < 4.78 is 2.46. The van der Waals surface area contributed by atoms with E-state index < -0.39 is 0 Å². The van der Waals surface area contributed by atoms with Crippen LogP contribution in [0.2, 0.25) is 0 Å². The second-order valence-electron chi connectivity index (χ2n) is 7.18. The van der Waals surface area contributed by atoms with Crippen LogP contribution in [0.25, 0.3) is 21.8 Å². The molecule has 1 aliphatic heterocycles. The van der Waals surface area contributed by atoms with Gasteiger partial charge in [0, 0.05) is 36.3 Å². The molecule has 0 radical (unpaired) electrons. The molecule has 120 valence electrons. The van der Waals surface area contributed by atoms with Crippen LogP contribution in [0.3, 0.4) is 0 Å². The van der Waals surface area contributed by atoms with Crippen LogP contribution in [0.15, 0.2) is 42.7 Å². The second kappa shape index (κ2) is 5.97. The van der Waals surface area contributed by atoms with Crippen LogP contribution in [-0.4, -0.2) is 27.5 Å². The predicted octanol–water partition coefficient (Wildman–Crippen LogP) is 4.52. The standard InChI is InChI=1S/C20H25N3/c1-15(2)16-8-11-22(12-9-16)14-23-19-6-4-3-5-17(19)18-13-21-10-7-20(18)23/h3-7,10,13,15-16H,8-9,11-12,14H2,1-2H3. The number of rotatable bonds is 3. The number of piperidine rings is 1. The molecule has 23 heavy (non-hydrogen) atoms. The molecule has 0 N–H and O–H groups in total. The number of hydrogen-bond acceptors (Lipinski definition) is 2. The van der Waals surface area contributed by atoms with E-state index in [1.54, 1.807) is 0 Å². The van der Waals surface area contributed by atoms with Crippen molar-refractivity contribution in [2.75, 3.05) is 13.1 Å². The molecule has 3 heteroatoms. The van der Waals surface area contributed by atoms with E-state index in [-0.39, 0.29) is 0 Å². The zero-order valence-electron chi connectivity index (χ0n) is 14.1. The lowest BCUT2D eigenvalue weighted by Crippen LogP contribution is -2.36. The lowest BCUT2D eigenvalue weighted by molar-refractivity contribution is 0.131. The summed E-state index contributed by atoms with van der Waals surface area (Å²) in [5.41, 5.74) is 2.62. The van der Waals surface area contributed by atoms with Gasteiger partial charge in [0.05, 0.1) is 17.7 Å². The minimum absolute atomic E-state index is 0.816. The van der Waals surface area contributed by atoms with E-state index in [4.69, 9.17) is 0 Å². The first-order valence-electron chi connectivity index (χ1n) is 8.77. The monoisotopic (exact) mass is 307 g/mol. The van der Waals surface area contributed by atoms with E-state index in [1.807, 2.05) is 12.4 Å². The molecule has 0 saturated carbocycles. The zero-order valence-corrected chi connectivity index (χ0v) is 14.1. The Bertz CT molecular complexity index is 757. The van der Waals surface area contributed by atoms with Crippen LogP contribution in [0, 0.1) is 11.8 Å². The van der Waals surface area contributed by atoms with Crippen molar-refractivity contribution in [1.29, 1.82) is 0 Å². The van der Waals surface area contributed by atoms with Gasteiger partial charge in [-0.15, -0.1) is 0 Å². The summed E-state index contributed by atoms with van der Waals surface area (Å²) in [6.45, 7) is 8.13. The van der Waals surface area contributed by atoms with Crippen LogP contribution in [-0.2, 0) is 6.67 Å². The number of benzene rings is 1. The van der Waals surface area contributed by atoms with E-state index in [0.29, 0.717) is 0 Å². The molecule has 0 atom stereocenters. The van der Waals surface area contributed by atoms with E-state index >= 15 is 0 Å². The minimum Gasteiger partial charge on any atom is -0.327 e. The molecule has 3 aromatic rings. The maximum atomic E-state index is 4.33. The summed E-state index contributed by atoms with van der Waals surface area (Å²) in [7, 11) is 0. The summed E-state index contributed by atoms with van der Waals surface area (Å²) in [4.78, 5) is 6.93. The van der Waals surface area contributed by atoms with Gasteiger partial charge in [0.2, 0.25) is 0 Å². The molecule has 3 heterocycles. The Hall–Kier alpha value is -1.87. The first kappa shape index (κ1) is 14.7. The number of nitrogens with zero attached hydrogens (tertiary/aromatic N) is 3. The largest absolute Gasteiger partial charge is 0.327 e. The molecule has 1 aliphatic rings. The average molecular weight is 307 g/mol. The van der Waals surface area contributed by atoms with Crippen molar-refractivity contribution in [3.63, 3.8) is 0 Å².